The number of fused-ring (bicyclic) bond motifs is 1. The third kappa shape index (κ3) is 4.22. The number of nitrogens with one attached hydrogen (secondary N) is 2. The SMILES string of the molecule is C[C@@H]1C2NN(C)C(c3cc(F)c(F)c(F)c3)=C2CCN1C(=O)c1cc(F)cc(C2C=C(C#N)NC2)c1Cl. The average Bonchev–Trinajstić information content (AvgIpc) is 3.47. The van der Waals surface area contributed by atoms with Crippen LogP contribution >= 0.6 is 11.6 Å². The van der Waals surface area contributed by atoms with Crippen molar-refractivity contribution in [2.24, 2.45) is 0 Å². The average molecular weight is 532 g/mol. The molecule has 0 saturated carbocycles. The molecule has 1 saturated heterocycles. The highest BCUT2D eigenvalue weighted by Crippen LogP contribution is 2.39. The molecule has 0 bridgehead atoms. The Hall–Kier alpha value is -3.55. The van der Waals surface area contributed by atoms with Gasteiger partial charge in [0, 0.05) is 31.6 Å². The number of carbonyl (C=O) groups is 1. The van der Waals surface area contributed by atoms with Crippen LogP contribution in [-0.4, -0.2) is 48.0 Å². The van der Waals surface area contributed by atoms with E-state index >= 15 is 0 Å². The van der Waals surface area contributed by atoms with Crippen LogP contribution in [0.15, 0.2) is 41.6 Å². The van der Waals surface area contributed by atoms with Crippen molar-refractivity contribution in [1.82, 2.24) is 20.7 Å². The molecule has 5 rings (SSSR count). The van der Waals surface area contributed by atoms with Crippen molar-refractivity contribution in [3.8, 4) is 6.07 Å². The molecule has 11 heteroatoms. The van der Waals surface area contributed by atoms with Crippen molar-refractivity contribution < 1.29 is 22.4 Å². The van der Waals surface area contributed by atoms with Gasteiger partial charge in [0.05, 0.1) is 28.4 Å². The van der Waals surface area contributed by atoms with Crippen molar-refractivity contribution >= 4 is 23.2 Å². The standard InChI is InChI=1S/C26H22ClF4N5O/c1-12-24-17(25(35(2)34-24)13-6-20(29)23(31)21(30)7-13)3-4-36(12)26(37)19-9-15(28)8-18(22(19)27)14-5-16(10-32)33-11-14/h5-9,12,14,24,33-34H,3-4,11H2,1-2H3/t12-,14?,24?/m1/s1. The number of nitriles is 1. The Balaban J connectivity index is 1.46. The first kappa shape index (κ1) is 25.1. The van der Waals surface area contributed by atoms with E-state index in [1.165, 1.54) is 6.07 Å². The van der Waals surface area contributed by atoms with Gasteiger partial charge in [-0.05, 0) is 54.8 Å². The molecule has 6 nitrogen and oxygen atoms in total. The molecule has 0 aliphatic carbocycles. The lowest BCUT2D eigenvalue weighted by Gasteiger charge is -2.39. The molecule has 3 aliphatic heterocycles. The number of rotatable bonds is 3. The predicted molar refractivity (Wildman–Crippen MR) is 129 cm³/mol. The maximum Gasteiger partial charge on any atom is 0.255 e. The summed E-state index contributed by atoms with van der Waals surface area (Å²) in [5.41, 5.74) is 5.52. The number of halogens is 5. The van der Waals surface area contributed by atoms with Gasteiger partial charge in [-0.3, -0.25) is 4.79 Å². The van der Waals surface area contributed by atoms with Crippen molar-refractivity contribution in [3.05, 3.63) is 86.6 Å². The first-order chi connectivity index (χ1) is 17.6. The highest BCUT2D eigenvalue weighted by Gasteiger charge is 2.42. The Morgan fingerprint density at radius 3 is 2.51 bits per heavy atom. The zero-order valence-corrected chi connectivity index (χ0v) is 20.6. The number of allylic oxidation sites excluding steroid dienone is 1. The second kappa shape index (κ2) is 9.39. The zero-order chi connectivity index (χ0) is 26.6. The third-order valence-electron chi connectivity index (χ3n) is 7.16. The molecule has 37 heavy (non-hydrogen) atoms. The number of amides is 1. The number of piperidine rings is 1. The van der Waals surface area contributed by atoms with Crippen LogP contribution in [0.2, 0.25) is 5.02 Å². The summed E-state index contributed by atoms with van der Waals surface area (Å²) in [7, 11) is 1.67. The normalized spacial score (nSPS) is 23.1. The van der Waals surface area contributed by atoms with Gasteiger partial charge in [-0.25, -0.2) is 23.0 Å². The number of likely N-dealkylation sites (tertiary alicyclic amines) is 1. The molecule has 1 amide bonds. The molecule has 3 aliphatic rings. The summed E-state index contributed by atoms with van der Waals surface area (Å²) < 4.78 is 56.0. The van der Waals surface area contributed by atoms with Gasteiger partial charge >= 0.3 is 0 Å². The van der Waals surface area contributed by atoms with Crippen molar-refractivity contribution in [3.63, 3.8) is 0 Å². The smallest absolute Gasteiger partial charge is 0.255 e. The largest absolute Gasteiger partial charge is 0.376 e. The lowest BCUT2D eigenvalue weighted by atomic mass is 9.89. The lowest BCUT2D eigenvalue weighted by molar-refractivity contribution is 0.0618. The molecule has 0 radical (unpaired) electrons. The van der Waals surface area contributed by atoms with E-state index in [4.69, 9.17) is 16.9 Å². The van der Waals surface area contributed by atoms with E-state index in [9.17, 15) is 22.4 Å². The Morgan fingerprint density at radius 2 is 1.86 bits per heavy atom. The molecule has 192 valence electrons. The van der Waals surface area contributed by atoms with Gasteiger partial charge in [0.15, 0.2) is 17.5 Å². The number of hydrogen-bond acceptors (Lipinski definition) is 5. The minimum atomic E-state index is -1.53. The fourth-order valence-corrected chi connectivity index (χ4v) is 5.71. The van der Waals surface area contributed by atoms with Crippen molar-refractivity contribution in [2.75, 3.05) is 20.1 Å². The van der Waals surface area contributed by atoms with Crippen LogP contribution < -0.4 is 10.7 Å². The van der Waals surface area contributed by atoms with Crippen LogP contribution in [0.4, 0.5) is 17.6 Å². The predicted octanol–water partition coefficient (Wildman–Crippen LogP) is 4.45. The molecule has 2 N–H and O–H groups in total. The van der Waals surface area contributed by atoms with Gasteiger partial charge in [0.1, 0.15) is 17.6 Å². The van der Waals surface area contributed by atoms with E-state index in [1.54, 1.807) is 23.0 Å². The fourth-order valence-electron chi connectivity index (χ4n) is 5.37. The molecule has 0 spiro atoms. The summed E-state index contributed by atoms with van der Waals surface area (Å²) in [6.07, 6.45) is 2.02. The highest BCUT2D eigenvalue weighted by molar-refractivity contribution is 6.34. The fraction of sp³-hybridized carbons (Fsp3) is 0.308. The minimum Gasteiger partial charge on any atom is -0.376 e. The van der Waals surface area contributed by atoms with E-state index in [1.807, 2.05) is 13.0 Å². The number of carbonyl (C=O) groups excluding carboxylic acids is 1. The Morgan fingerprint density at radius 1 is 1.16 bits per heavy atom. The van der Waals surface area contributed by atoms with Crippen molar-refractivity contribution in [2.45, 2.75) is 31.3 Å². The summed E-state index contributed by atoms with van der Waals surface area (Å²) >= 11 is 6.60. The van der Waals surface area contributed by atoms with Crippen LogP contribution in [0.25, 0.3) is 5.70 Å². The van der Waals surface area contributed by atoms with Crippen molar-refractivity contribution in [1.29, 1.82) is 5.26 Å². The van der Waals surface area contributed by atoms with Gasteiger partial charge in [0.25, 0.3) is 5.91 Å². The van der Waals surface area contributed by atoms with Crippen LogP contribution in [0.5, 0.6) is 0 Å². The summed E-state index contributed by atoms with van der Waals surface area (Å²) in [6.45, 7) is 2.43. The monoisotopic (exact) mass is 531 g/mol. The van der Waals surface area contributed by atoms with Gasteiger partial charge in [-0.2, -0.15) is 5.26 Å². The van der Waals surface area contributed by atoms with Crippen LogP contribution in [0.3, 0.4) is 0 Å². The minimum absolute atomic E-state index is 0.0176. The van der Waals surface area contributed by atoms with E-state index in [0.717, 1.165) is 23.8 Å². The molecule has 2 aromatic carbocycles. The number of nitrogens with zero attached hydrogens (tertiary/aromatic N) is 3. The second-order valence-electron chi connectivity index (χ2n) is 9.32. The topological polar surface area (TPSA) is 71.4 Å². The van der Waals surface area contributed by atoms with E-state index < -0.39 is 35.2 Å². The summed E-state index contributed by atoms with van der Waals surface area (Å²) in [6, 6.07) is 5.46. The molecular formula is C26H22ClF4N5O. The maximum atomic E-state index is 14.6. The second-order valence-corrected chi connectivity index (χ2v) is 9.70. The summed E-state index contributed by atoms with van der Waals surface area (Å²) in [5.74, 6) is -5.54. The Kier molecular flexibility index (Phi) is 6.38. The Bertz CT molecular complexity index is 1400. The molecule has 0 aromatic heterocycles. The lowest BCUT2D eigenvalue weighted by Crippen LogP contribution is -2.55. The van der Waals surface area contributed by atoms with Crippen LogP contribution in [0.1, 0.15) is 40.7 Å². The quantitative estimate of drug-likeness (QED) is 0.452. The van der Waals surface area contributed by atoms with Gasteiger partial charge in [-0.1, -0.05) is 11.6 Å². The van der Waals surface area contributed by atoms with E-state index in [2.05, 4.69) is 10.7 Å². The first-order valence-corrected chi connectivity index (χ1v) is 12.0. The number of benzene rings is 2. The zero-order valence-electron chi connectivity index (χ0n) is 19.9. The molecule has 2 unspecified atom stereocenters. The van der Waals surface area contributed by atoms with Crippen LogP contribution in [0, 0.1) is 34.6 Å². The molecule has 3 heterocycles. The van der Waals surface area contributed by atoms with Gasteiger partial charge < -0.3 is 15.2 Å². The first-order valence-electron chi connectivity index (χ1n) is 11.6. The highest BCUT2D eigenvalue weighted by atomic mass is 35.5. The molecule has 3 atom stereocenters. The summed E-state index contributed by atoms with van der Waals surface area (Å²) in [4.78, 5) is 15.2. The molecular weight excluding hydrogens is 510 g/mol. The third-order valence-corrected chi connectivity index (χ3v) is 7.58. The van der Waals surface area contributed by atoms with Gasteiger partial charge in [-0.15, -0.1) is 0 Å². The summed E-state index contributed by atoms with van der Waals surface area (Å²) in [5, 5.41) is 13.7. The van der Waals surface area contributed by atoms with E-state index in [-0.39, 0.29) is 34.7 Å². The molecule has 2 aromatic rings. The van der Waals surface area contributed by atoms with E-state index in [0.29, 0.717) is 29.9 Å². The van der Waals surface area contributed by atoms with Gasteiger partial charge in [0.2, 0.25) is 0 Å². The van der Waals surface area contributed by atoms with Crippen LogP contribution in [-0.2, 0) is 0 Å². The number of hydrogen-bond donors (Lipinski definition) is 2. The molecule has 1 fully saturated rings. The Labute approximate surface area is 215 Å². The number of hydrazine groups is 1. The maximum absolute atomic E-state index is 14.6.